The SMILES string of the molecule is COc1ccc(C(=O)NCCNc2ccc(-n3ccc(C)n3)nn2)cn1. The maximum Gasteiger partial charge on any atom is 0.252 e. The minimum absolute atomic E-state index is 0.197. The molecule has 0 unspecified atom stereocenters. The summed E-state index contributed by atoms with van der Waals surface area (Å²) in [5, 5.41) is 18.4. The number of methoxy groups -OCH3 is 1. The average Bonchev–Trinajstić information content (AvgIpc) is 3.12. The third kappa shape index (κ3) is 4.32. The van der Waals surface area contributed by atoms with Gasteiger partial charge >= 0.3 is 0 Å². The van der Waals surface area contributed by atoms with Crippen molar-refractivity contribution in [3.8, 4) is 11.7 Å². The van der Waals surface area contributed by atoms with E-state index in [1.54, 1.807) is 16.8 Å². The Morgan fingerprint density at radius 3 is 2.65 bits per heavy atom. The van der Waals surface area contributed by atoms with Gasteiger partial charge in [-0.1, -0.05) is 0 Å². The van der Waals surface area contributed by atoms with Crippen molar-refractivity contribution in [1.29, 1.82) is 0 Å². The first-order valence-corrected chi connectivity index (χ1v) is 8.04. The summed E-state index contributed by atoms with van der Waals surface area (Å²) in [7, 11) is 1.53. The van der Waals surface area contributed by atoms with Gasteiger partial charge in [-0.2, -0.15) is 5.10 Å². The molecule has 0 spiro atoms. The van der Waals surface area contributed by atoms with Crippen molar-refractivity contribution in [1.82, 2.24) is 30.3 Å². The number of rotatable bonds is 7. The van der Waals surface area contributed by atoms with Gasteiger partial charge in [-0.3, -0.25) is 4.79 Å². The van der Waals surface area contributed by atoms with E-state index >= 15 is 0 Å². The summed E-state index contributed by atoms with van der Waals surface area (Å²) >= 11 is 0. The van der Waals surface area contributed by atoms with E-state index in [0.717, 1.165) is 5.69 Å². The highest BCUT2D eigenvalue weighted by Crippen LogP contribution is 2.07. The fourth-order valence-corrected chi connectivity index (χ4v) is 2.19. The molecule has 2 N–H and O–H groups in total. The summed E-state index contributed by atoms with van der Waals surface area (Å²) in [5.74, 6) is 1.54. The first-order chi connectivity index (χ1) is 12.7. The predicted octanol–water partition coefficient (Wildman–Crippen LogP) is 1.22. The van der Waals surface area contributed by atoms with Crippen molar-refractivity contribution in [3.63, 3.8) is 0 Å². The Morgan fingerprint density at radius 1 is 1.15 bits per heavy atom. The summed E-state index contributed by atoms with van der Waals surface area (Å²) in [6.45, 7) is 2.87. The fourth-order valence-electron chi connectivity index (χ4n) is 2.19. The van der Waals surface area contributed by atoms with Crippen LogP contribution in [0.5, 0.6) is 5.88 Å². The van der Waals surface area contributed by atoms with Crippen LogP contribution in [0.2, 0.25) is 0 Å². The molecule has 0 aliphatic heterocycles. The summed E-state index contributed by atoms with van der Waals surface area (Å²) in [6.07, 6.45) is 3.30. The van der Waals surface area contributed by atoms with Gasteiger partial charge in [0.25, 0.3) is 5.91 Å². The number of pyridine rings is 1. The fraction of sp³-hybridized carbons (Fsp3) is 0.235. The van der Waals surface area contributed by atoms with Crippen LogP contribution in [0.4, 0.5) is 5.82 Å². The van der Waals surface area contributed by atoms with Crippen LogP contribution in [0.1, 0.15) is 16.1 Å². The van der Waals surface area contributed by atoms with E-state index in [9.17, 15) is 4.79 Å². The van der Waals surface area contributed by atoms with Gasteiger partial charge in [0.05, 0.1) is 18.4 Å². The zero-order valence-corrected chi connectivity index (χ0v) is 14.5. The van der Waals surface area contributed by atoms with Crippen molar-refractivity contribution >= 4 is 11.7 Å². The number of aromatic nitrogens is 5. The van der Waals surface area contributed by atoms with Crippen LogP contribution in [0.3, 0.4) is 0 Å². The number of amides is 1. The van der Waals surface area contributed by atoms with Crippen molar-refractivity contribution in [2.75, 3.05) is 25.5 Å². The Kier molecular flexibility index (Phi) is 5.37. The van der Waals surface area contributed by atoms with Gasteiger partial charge in [0.1, 0.15) is 5.82 Å². The quantitative estimate of drug-likeness (QED) is 0.615. The Morgan fingerprint density at radius 2 is 2.04 bits per heavy atom. The topological polar surface area (TPSA) is 107 Å². The summed E-state index contributed by atoms with van der Waals surface area (Å²) in [4.78, 5) is 16.0. The molecule has 1 amide bonds. The van der Waals surface area contributed by atoms with Gasteiger partial charge in [0.15, 0.2) is 5.82 Å². The molecule has 0 aliphatic carbocycles. The second-order valence-electron chi connectivity index (χ2n) is 5.45. The zero-order valence-electron chi connectivity index (χ0n) is 14.5. The number of hydrogen-bond donors (Lipinski definition) is 2. The molecule has 0 saturated carbocycles. The molecule has 3 rings (SSSR count). The number of carbonyl (C=O) groups excluding carboxylic acids is 1. The number of nitrogens with one attached hydrogen (secondary N) is 2. The van der Waals surface area contributed by atoms with Crippen LogP contribution in [0, 0.1) is 6.92 Å². The van der Waals surface area contributed by atoms with E-state index < -0.39 is 0 Å². The molecule has 0 bridgehead atoms. The lowest BCUT2D eigenvalue weighted by Crippen LogP contribution is -2.29. The lowest BCUT2D eigenvalue weighted by Gasteiger charge is -2.08. The first kappa shape index (κ1) is 17.3. The molecule has 134 valence electrons. The number of hydrogen-bond acceptors (Lipinski definition) is 7. The van der Waals surface area contributed by atoms with Crippen molar-refractivity contribution in [3.05, 3.63) is 54.0 Å². The Bertz CT molecular complexity index is 860. The van der Waals surface area contributed by atoms with E-state index in [2.05, 4.69) is 30.9 Å². The smallest absolute Gasteiger partial charge is 0.252 e. The molecule has 3 aromatic rings. The van der Waals surface area contributed by atoms with E-state index in [1.807, 2.05) is 31.3 Å². The first-order valence-electron chi connectivity index (χ1n) is 8.04. The number of nitrogens with zero attached hydrogens (tertiary/aromatic N) is 5. The molecule has 0 saturated heterocycles. The van der Waals surface area contributed by atoms with Crippen LogP contribution >= 0.6 is 0 Å². The third-order valence-electron chi connectivity index (χ3n) is 3.53. The van der Waals surface area contributed by atoms with Gasteiger partial charge in [-0.25, -0.2) is 9.67 Å². The molecule has 3 heterocycles. The summed E-state index contributed by atoms with van der Waals surface area (Å²) < 4.78 is 6.63. The standard InChI is InChI=1S/C17H19N7O2/c1-12-7-10-24(23-12)15-5-4-14(21-22-15)18-8-9-19-17(25)13-3-6-16(26-2)20-11-13/h3-7,10-11H,8-9H2,1-2H3,(H,18,21)(H,19,25). The van der Waals surface area contributed by atoms with E-state index in [4.69, 9.17) is 4.74 Å². The van der Waals surface area contributed by atoms with Gasteiger partial charge in [0, 0.05) is 31.5 Å². The number of carbonyl (C=O) groups is 1. The summed E-state index contributed by atoms with van der Waals surface area (Å²) in [6, 6.07) is 8.84. The highest BCUT2D eigenvalue weighted by atomic mass is 16.5. The average molecular weight is 353 g/mol. The van der Waals surface area contributed by atoms with Crippen LogP contribution in [-0.4, -0.2) is 51.1 Å². The van der Waals surface area contributed by atoms with Crippen LogP contribution in [0.15, 0.2) is 42.7 Å². The molecule has 3 aromatic heterocycles. The number of aryl methyl sites for hydroxylation is 1. The number of anilines is 1. The Balaban J connectivity index is 1.45. The maximum atomic E-state index is 12.0. The van der Waals surface area contributed by atoms with Gasteiger partial charge in [-0.05, 0) is 31.2 Å². The Labute approximate surface area is 150 Å². The molecule has 0 radical (unpaired) electrons. The van der Waals surface area contributed by atoms with Gasteiger partial charge in [-0.15, -0.1) is 10.2 Å². The molecule has 0 atom stereocenters. The zero-order chi connectivity index (χ0) is 18.4. The molecular formula is C17H19N7O2. The van der Waals surface area contributed by atoms with Gasteiger partial charge < -0.3 is 15.4 Å². The highest BCUT2D eigenvalue weighted by Gasteiger charge is 2.06. The van der Waals surface area contributed by atoms with E-state index in [1.165, 1.54) is 13.3 Å². The monoisotopic (exact) mass is 353 g/mol. The minimum atomic E-state index is -0.197. The van der Waals surface area contributed by atoms with Crippen molar-refractivity contribution in [2.45, 2.75) is 6.92 Å². The van der Waals surface area contributed by atoms with E-state index in [0.29, 0.717) is 36.2 Å². The Hall–Kier alpha value is -3.49. The maximum absolute atomic E-state index is 12.0. The van der Waals surface area contributed by atoms with Crippen LogP contribution < -0.4 is 15.4 Å². The lowest BCUT2D eigenvalue weighted by atomic mass is 10.2. The molecule has 0 aliphatic rings. The van der Waals surface area contributed by atoms with Crippen LogP contribution in [0.25, 0.3) is 5.82 Å². The lowest BCUT2D eigenvalue weighted by molar-refractivity contribution is 0.0954. The van der Waals surface area contributed by atoms with Crippen LogP contribution in [-0.2, 0) is 0 Å². The molecular weight excluding hydrogens is 334 g/mol. The number of ether oxygens (including phenoxy) is 1. The van der Waals surface area contributed by atoms with Crippen molar-refractivity contribution in [2.24, 2.45) is 0 Å². The summed E-state index contributed by atoms with van der Waals surface area (Å²) in [5.41, 5.74) is 1.39. The second kappa shape index (κ2) is 8.06. The van der Waals surface area contributed by atoms with Crippen molar-refractivity contribution < 1.29 is 9.53 Å². The minimum Gasteiger partial charge on any atom is -0.481 e. The normalized spacial score (nSPS) is 10.4. The third-order valence-corrected chi connectivity index (χ3v) is 3.53. The molecule has 26 heavy (non-hydrogen) atoms. The molecule has 9 nitrogen and oxygen atoms in total. The van der Waals surface area contributed by atoms with Gasteiger partial charge in [0.2, 0.25) is 5.88 Å². The largest absolute Gasteiger partial charge is 0.481 e. The molecule has 0 aromatic carbocycles. The van der Waals surface area contributed by atoms with E-state index in [-0.39, 0.29) is 5.91 Å². The predicted molar refractivity (Wildman–Crippen MR) is 95.5 cm³/mol. The second-order valence-corrected chi connectivity index (χ2v) is 5.45. The molecule has 0 fully saturated rings. The highest BCUT2D eigenvalue weighted by molar-refractivity contribution is 5.93. The molecule has 9 heteroatoms.